The molecule has 1 unspecified atom stereocenters. The number of carbonyl (C=O) groups excluding carboxylic acids is 1. The molecule has 0 aliphatic rings. The summed E-state index contributed by atoms with van der Waals surface area (Å²) in [6, 6.07) is -0.516. The van der Waals surface area contributed by atoms with E-state index in [4.69, 9.17) is 14.6 Å². The molecule has 0 radical (unpaired) electrons. The first-order valence-corrected chi connectivity index (χ1v) is 5.83. The lowest BCUT2D eigenvalue weighted by Gasteiger charge is -2.17. The van der Waals surface area contributed by atoms with Crippen molar-refractivity contribution in [2.24, 2.45) is 5.92 Å². The molecule has 1 aromatic rings. The van der Waals surface area contributed by atoms with E-state index in [0.717, 1.165) is 0 Å². The molecule has 0 aromatic carbocycles. The van der Waals surface area contributed by atoms with Gasteiger partial charge < -0.3 is 14.6 Å². The Bertz CT molecular complexity index is 378. The van der Waals surface area contributed by atoms with Crippen molar-refractivity contribution in [1.82, 2.24) is 15.0 Å². The summed E-state index contributed by atoms with van der Waals surface area (Å²) >= 11 is 0. The summed E-state index contributed by atoms with van der Waals surface area (Å²) < 4.78 is 11.4. The third-order valence-electron chi connectivity index (χ3n) is 2.40. The van der Waals surface area contributed by atoms with Gasteiger partial charge in [-0.3, -0.25) is 0 Å². The molecule has 1 N–H and O–H groups in total. The highest BCUT2D eigenvalue weighted by Gasteiger charge is 2.26. The van der Waals surface area contributed by atoms with Crippen LogP contribution in [0.15, 0.2) is 6.20 Å². The average molecular weight is 257 g/mol. The molecule has 1 atom stereocenters. The number of nitrogens with zero attached hydrogens (tertiary/aromatic N) is 3. The number of aliphatic hydroxyl groups is 1. The second-order valence-electron chi connectivity index (χ2n) is 4.17. The number of carbonyl (C=O) groups is 1. The molecule has 1 aromatic heterocycles. The van der Waals surface area contributed by atoms with Gasteiger partial charge in [0.1, 0.15) is 0 Å². The van der Waals surface area contributed by atoms with Crippen LogP contribution >= 0.6 is 0 Å². The summed E-state index contributed by atoms with van der Waals surface area (Å²) in [6.45, 7) is 4.22. The van der Waals surface area contributed by atoms with E-state index in [-0.39, 0.29) is 18.5 Å². The highest BCUT2D eigenvalue weighted by molar-refractivity contribution is 5.74. The van der Waals surface area contributed by atoms with Crippen LogP contribution in [0.1, 0.15) is 26.3 Å². The lowest BCUT2D eigenvalue weighted by Crippen LogP contribution is -2.26. The molecule has 0 aliphatic carbocycles. The first kappa shape index (κ1) is 14.4. The molecule has 1 rings (SSSR count). The summed E-state index contributed by atoms with van der Waals surface area (Å²) in [5, 5.41) is 16.3. The maximum atomic E-state index is 11.6. The number of aromatic nitrogens is 3. The second-order valence-corrected chi connectivity index (χ2v) is 4.17. The second kappa shape index (κ2) is 6.95. The van der Waals surface area contributed by atoms with Crippen molar-refractivity contribution in [2.75, 3.05) is 20.3 Å². The Kier molecular flexibility index (Phi) is 5.57. The van der Waals surface area contributed by atoms with Gasteiger partial charge in [0.2, 0.25) is 0 Å². The quantitative estimate of drug-likeness (QED) is 0.562. The van der Waals surface area contributed by atoms with Crippen LogP contribution in [-0.2, 0) is 9.53 Å². The minimum Gasteiger partial charge on any atom is -0.475 e. The van der Waals surface area contributed by atoms with E-state index in [1.807, 2.05) is 13.8 Å². The molecule has 7 heteroatoms. The van der Waals surface area contributed by atoms with Crippen LogP contribution in [0, 0.1) is 5.92 Å². The van der Waals surface area contributed by atoms with E-state index in [1.165, 1.54) is 11.8 Å². The molecule has 1 heterocycles. The number of ether oxygens (including phenoxy) is 2. The van der Waals surface area contributed by atoms with E-state index >= 15 is 0 Å². The Balaban J connectivity index is 2.72. The lowest BCUT2D eigenvalue weighted by atomic mass is 10.1. The van der Waals surface area contributed by atoms with Crippen LogP contribution in [0.25, 0.3) is 0 Å². The fourth-order valence-corrected chi connectivity index (χ4v) is 1.51. The highest BCUT2D eigenvalue weighted by atomic mass is 16.5. The van der Waals surface area contributed by atoms with Gasteiger partial charge in [-0.05, 0) is 5.92 Å². The van der Waals surface area contributed by atoms with Gasteiger partial charge >= 0.3 is 5.97 Å². The normalized spacial score (nSPS) is 12.5. The fraction of sp³-hybridized carbons (Fsp3) is 0.727. The van der Waals surface area contributed by atoms with Gasteiger partial charge in [-0.1, -0.05) is 24.2 Å². The molecule has 0 saturated carbocycles. The lowest BCUT2D eigenvalue weighted by molar-refractivity contribution is -0.146. The van der Waals surface area contributed by atoms with Gasteiger partial charge in [-0.25, -0.2) is 9.48 Å². The third kappa shape index (κ3) is 3.69. The van der Waals surface area contributed by atoms with E-state index in [1.54, 1.807) is 6.20 Å². The number of hydrogen-bond acceptors (Lipinski definition) is 6. The Hall–Kier alpha value is -1.63. The molecule has 0 saturated heterocycles. The maximum absolute atomic E-state index is 11.6. The van der Waals surface area contributed by atoms with Crippen LogP contribution in [0.3, 0.4) is 0 Å². The molecule has 0 spiro atoms. The molecule has 0 amide bonds. The molecule has 0 fully saturated rings. The average Bonchev–Trinajstić information content (AvgIpc) is 2.77. The van der Waals surface area contributed by atoms with Gasteiger partial charge in [0, 0.05) is 13.0 Å². The van der Waals surface area contributed by atoms with E-state index in [0.29, 0.717) is 18.9 Å². The van der Waals surface area contributed by atoms with Crippen LogP contribution < -0.4 is 4.74 Å². The summed E-state index contributed by atoms with van der Waals surface area (Å²) in [5.74, 6) is -0.000692. The topological polar surface area (TPSA) is 86.5 Å². The Morgan fingerprint density at radius 1 is 1.56 bits per heavy atom. The molecule has 0 aliphatic heterocycles. The number of methoxy groups -OCH3 is 1. The van der Waals surface area contributed by atoms with Crippen molar-refractivity contribution in [1.29, 1.82) is 0 Å². The molecule has 102 valence electrons. The summed E-state index contributed by atoms with van der Waals surface area (Å²) in [7, 11) is 1.34. The van der Waals surface area contributed by atoms with Crippen LogP contribution in [0.2, 0.25) is 0 Å². The van der Waals surface area contributed by atoms with Gasteiger partial charge in [-0.15, -0.1) is 0 Å². The zero-order valence-corrected chi connectivity index (χ0v) is 10.9. The fourth-order valence-electron chi connectivity index (χ4n) is 1.51. The zero-order valence-electron chi connectivity index (χ0n) is 10.9. The predicted molar refractivity (Wildman–Crippen MR) is 63.1 cm³/mol. The van der Waals surface area contributed by atoms with Crippen molar-refractivity contribution in [2.45, 2.75) is 26.3 Å². The number of esters is 1. The largest absolute Gasteiger partial charge is 0.475 e. The van der Waals surface area contributed by atoms with Crippen LogP contribution in [0.4, 0.5) is 0 Å². The highest BCUT2D eigenvalue weighted by Crippen LogP contribution is 2.19. The van der Waals surface area contributed by atoms with Gasteiger partial charge in [0.15, 0.2) is 6.04 Å². The Labute approximate surface area is 106 Å². The van der Waals surface area contributed by atoms with E-state index < -0.39 is 6.04 Å². The van der Waals surface area contributed by atoms with Gasteiger partial charge in [-0.2, -0.15) is 0 Å². The van der Waals surface area contributed by atoms with Crippen molar-refractivity contribution >= 4 is 5.97 Å². The molecule has 0 bridgehead atoms. The van der Waals surface area contributed by atoms with Crippen molar-refractivity contribution < 1.29 is 19.4 Å². The molecular weight excluding hydrogens is 238 g/mol. The minimum atomic E-state index is -0.516. The van der Waals surface area contributed by atoms with Crippen molar-refractivity contribution in [3.8, 4) is 5.88 Å². The first-order valence-electron chi connectivity index (χ1n) is 5.83. The molecule has 18 heavy (non-hydrogen) atoms. The minimum absolute atomic E-state index is 0.0319. The third-order valence-corrected chi connectivity index (χ3v) is 2.40. The summed E-state index contributed by atoms with van der Waals surface area (Å²) in [6.07, 6.45) is 2.08. The van der Waals surface area contributed by atoms with Gasteiger partial charge in [0.25, 0.3) is 5.88 Å². The Morgan fingerprint density at radius 3 is 2.83 bits per heavy atom. The van der Waals surface area contributed by atoms with Crippen LogP contribution in [0.5, 0.6) is 5.88 Å². The standard InChI is InChI=1S/C11H19N3O4/c1-8(2)10(11(16)17-3)14-7-9(12-13-14)18-6-4-5-15/h7-8,10,15H,4-6H2,1-3H3. The maximum Gasteiger partial charge on any atom is 0.330 e. The summed E-state index contributed by atoms with van der Waals surface area (Å²) in [4.78, 5) is 11.6. The molecule has 7 nitrogen and oxygen atoms in total. The van der Waals surface area contributed by atoms with E-state index in [9.17, 15) is 4.79 Å². The molecular formula is C11H19N3O4. The van der Waals surface area contributed by atoms with Crippen molar-refractivity contribution in [3.63, 3.8) is 0 Å². The Morgan fingerprint density at radius 2 is 2.28 bits per heavy atom. The number of hydrogen-bond donors (Lipinski definition) is 1. The summed E-state index contributed by atoms with van der Waals surface area (Å²) in [5.41, 5.74) is 0. The monoisotopic (exact) mass is 257 g/mol. The van der Waals surface area contributed by atoms with E-state index in [2.05, 4.69) is 10.3 Å². The number of rotatable bonds is 7. The number of aliphatic hydroxyl groups excluding tert-OH is 1. The van der Waals surface area contributed by atoms with Crippen molar-refractivity contribution in [3.05, 3.63) is 6.20 Å². The van der Waals surface area contributed by atoms with Crippen LogP contribution in [-0.4, -0.2) is 46.4 Å². The smallest absolute Gasteiger partial charge is 0.330 e. The zero-order chi connectivity index (χ0) is 13.5. The predicted octanol–water partition coefficient (Wildman–Crippen LogP) is 0.409. The van der Waals surface area contributed by atoms with Gasteiger partial charge in [0.05, 0.1) is 19.9 Å². The first-order chi connectivity index (χ1) is 8.60. The SMILES string of the molecule is COC(=O)C(C(C)C)n1cc(OCCCO)nn1.